The first-order valence-electron chi connectivity index (χ1n) is 6.51. The van der Waals surface area contributed by atoms with Gasteiger partial charge >= 0.3 is 0 Å². The fraction of sp³-hybridized carbons (Fsp3) is 0.500. The van der Waals surface area contributed by atoms with Crippen molar-refractivity contribution in [3.63, 3.8) is 0 Å². The minimum atomic E-state index is 0.311. The van der Waals surface area contributed by atoms with Crippen LogP contribution < -0.4 is 15.8 Å². The van der Waals surface area contributed by atoms with E-state index in [4.69, 9.17) is 15.5 Å². The fourth-order valence-electron chi connectivity index (χ4n) is 2.86. The van der Waals surface area contributed by atoms with E-state index in [2.05, 4.69) is 5.32 Å². The molecular weight excluding hydrogens is 226 g/mol. The molecule has 0 spiro atoms. The second-order valence-electron chi connectivity index (χ2n) is 5.07. The minimum absolute atomic E-state index is 0.311. The van der Waals surface area contributed by atoms with E-state index in [-0.39, 0.29) is 0 Å². The van der Waals surface area contributed by atoms with Gasteiger partial charge < -0.3 is 15.8 Å². The molecule has 18 heavy (non-hydrogen) atoms. The zero-order valence-corrected chi connectivity index (χ0v) is 10.6. The summed E-state index contributed by atoms with van der Waals surface area (Å²) in [6.07, 6.45) is 3.16. The number of fused-ring (bicyclic) bond motifs is 1. The highest BCUT2D eigenvalue weighted by molar-refractivity contribution is 6.02. The Morgan fingerprint density at radius 3 is 3.00 bits per heavy atom. The summed E-state index contributed by atoms with van der Waals surface area (Å²) < 4.78 is 5.39. The summed E-state index contributed by atoms with van der Waals surface area (Å²) in [5.74, 6) is 1.82. The maximum atomic E-state index is 6.02. The molecule has 4 nitrogen and oxygen atoms in total. The molecule has 3 rings (SSSR count). The molecule has 1 aromatic carbocycles. The Balaban J connectivity index is 1.86. The zero-order chi connectivity index (χ0) is 12.5. The fourth-order valence-corrected chi connectivity index (χ4v) is 2.86. The van der Waals surface area contributed by atoms with Crippen molar-refractivity contribution >= 4 is 5.84 Å². The van der Waals surface area contributed by atoms with Crippen LogP contribution in [-0.4, -0.2) is 31.1 Å². The van der Waals surface area contributed by atoms with Crippen molar-refractivity contribution in [1.29, 1.82) is 0 Å². The molecule has 1 heterocycles. The topological polar surface area (TPSA) is 59.6 Å². The van der Waals surface area contributed by atoms with Crippen molar-refractivity contribution in [2.75, 3.05) is 7.11 Å². The van der Waals surface area contributed by atoms with E-state index < -0.39 is 0 Å². The number of benzene rings is 1. The number of ether oxygens (including phenoxy) is 1. The first-order valence-corrected chi connectivity index (χ1v) is 6.51. The van der Waals surface area contributed by atoms with Crippen LogP contribution in [0.4, 0.5) is 0 Å². The number of rotatable bonds is 2. The molecule has 2 aliphatic rings. The lowest BCUT2D eigenvalue weighted by Crippen LogP contribution is -2.44. The normalized spacial score (nSPS) is 30.3. The van der Waals surface area contributed by atoms with Crippen LogP contribution in [-0.2, 0) is 0 Å². The van der Waals surface area contributed by atoms with Crippen molar-refractivity contribution in [2.45, 2.75) is 37.4 Å². The molecule has 3 atom stereocenters. The number of aliphatic imine (C=N–C) groups is 1. The number of nitrogens with one attached hydrogen (secondary N) is 1. The number of hydrogen-bond donors (Lipinski definition) is 2. The molecule has 0 bridgehead atoms. The lowest BCUT2D eigenvalue weighted by Gasteiger charge is -2.28. The second kappa shape index (κ2) is 4.61. The van der Waals surface area contributed by atoms with Gasteiger partial charge in [0.05, 0.1) is 24.8 Å². The van der Waals surface area contributed by atoms with Gasteiger partial charge in [0, 0.05) is 6.04 Å². The molecule has 1 saturated carbocycles. The number of hydrogen-bond acceptors (Lipinski definition) is 4. The summed E-state index contributed by atoms with van der Waals surface area (Å²) in [5.41, 5.74) is 7.06. The highest BCUT2D eigenvalue weighted by Gasteiger charge is 2.34. The van der Waals surface area contributed by atoms with E-state index >= 15 is 0 Å². The van der Waals surface area contributed by atoms with Gasteiger partial charge in [-0.1, -0.05) is 12.1 Å². The van der Waals surface area contributed by atoms with Gasteiger partial charge in [0.15, 0.2) is 0 Å². The Hall–Kier alpha value is -1.55. The van der Waals surface area contributed by atoms with Crippen LogP contribution in [0, 0.1) is 0 Å². The van der Waals surface area contributed by atoms with E-state index in [0.717, 1.165) is 36.4 Å². The molecule has 4 heteroatoms. The summed E-state index contributed by atoms with van der Waals surface area (Å²) >= 11 is 0. The Morgan fingerprint density at radius 1 is 1.33 bits per heavy atom. The molecule has 1 aromatic rings. The third kappa shape index (κ3) is 1.97. The van der Waals surface area contributed by atoms with E-state index in [9.17, 15) is 0 Å². The van der Waals surface area contributed by atoms with Crippen LogP contribution >= 0.6 is 0 Å². The Bertz CT molecular complexity index is 472. The molecular formula is C14H19N3O. The van der Waals surface area contributed by atoms with Crippen LogP contribution in [0.5, 0.6) is 5.75 Å². The molecule has 1 aliphatic heterocycles. The van der Waals surface area contributed by atoms with E-state index in [1.165, 1.54) is 0 Å². The summed E-state index contributed by atoms with van der Waals surface area (Å²) in [6, 6.07) is 9.08. The van der Waals surface area contributed by atoms with Crippen molar-refractivity contribution in [2.24, 2.45) is 10.7 Å². The predicted molar refractivity (Wildman–Crippen MR) is 72.1 cm³/mol. The zero-order valence-electron chi connectivity index (χ0n) is 10.6. The lowest BCUT2D eigenvalue weighted by atomic mass is 9.88. The summed E-state index contributed by atoms with van der Waals surface area (Å²) in [7, 11) is 1.69. The van der Waals surface area contributed by atoms with Gasteiger partial charge in [-0.25, -0.2) is 0 Å². The molecule has 0 radical (unpaired) electrons. The Labute approximate surface area is 107 Å². The first kappa shape index (κ1) is 11.5. The summed E-state index contributed by atoms with van der Waals surface area (Å²) in [4.78, 5) is 4.79. The number of para-hydroxylation sites is 1. The standard InChI is InChI=1S/C14H19N3O/c1-18-13-5-3-2-4-10(13)14-16-11-7-6-9(15)8-12(11)17-14/h2-5,9,11-12H,6-8,15H2,1H3,(H,16,17). The van der Waals surface area contributed by atoms with Crippen LogP contribution in [0.15, 0.2) is 29.3 Å². The van der Waals surface area contributed by atoms with Gasteiger partial charge in [-0.3, -0.25) is 4.99 Å². The first-order chi connectivity index (χ1) is 8.78. The molecule has 0 saturated heterocycles. The van der Waals surface area contributed by atoms with Crippen LogP contribution in [0.3, 0.4) is 0 Å². The van der Waals surface area contributed by atoms with Crippen molar-refractivity contribution in [1.82, 2.24) is 5.32 Å². The number of nitrogens with zero attached hydrogens (tertiary/aromatic N) is 1. The van der Waals surface area contributed by atoms with Gasteiger partial charge in [0.1, 0.15) is 11.6 Å². The van der Waals surface area contributed by atoms with E-state index in [0.29, 0.717) is 18.1 Å². The SMILES string of the molecule is COc1ccccc1C1=NC2CCC(N)CC2N1. The van der Waals surface area contributed by atoms with Crippen molar-refractivity contribution in [3.8, 4) is 5.75 Å². The lowest BCUT2D eigenvalue weighted by molar-refractivity contribution is 0.347. The maximum Gasteiger partial charge on any atom is 0.132 e. The monoisotopic (exact) mass is 245 g/mol. The molecule has 3 N–H and O–H groups in total. The van der Waals surface area contributed by atoms with Crippen LogP contribution in [0.2, 0.25) is 0 Å². The average molecular weight is 245 g/mol. The highest BCUT2D eigenvalue weighted by Crippen LogP contribution is 2.28. The van der Waals surface area contributed by atoms with E-state index in [1.807, 2.05) is 24.3 Å². The van der Waals surface area contributed by atoms with Crippen molar-refractivity contribution < 1.29 is 4.74 Å². The molecule has 1 fully saturated rings. The predicted octanol–water partition coefficient (Wildman–Crippen LogP) is 1.29. The Kier molecular flexibility index (Phi) is 2.96. The van der Waals surface area contributed by atoms with E-state index in [1.54, 1.807) is 7.11 Å². The molecule has 0 aromatic heterocycles. The number of methoxy groups -OCH3 is 1. The third-order valence-corrected chi connectivity index (χ3v) is 3.83. The number of amidine groups is 1. The van der Waals surface area contributed by atoms with Gasteiger partial charge in [0.25, 0.3) is 0 Å². The second-order valence-corrected chi connectivity index (χ2v) is 5.07. The van der Waals surface area contributed by atoms with Crippen LogP contribution in [0.25, 0.3) is 0 Å². The smallest absolute Gasteiger partial charge is 0.132 e. The molecule has 96 valence electrons. The molecule has 1 aliphatic carbocycles. The summed E-state index contributed by atoms with van der Waals surface area (Å²) in [6.45, 7) is 0. The van der Waals surface area contributed by atoms with Gasteiger partial charge in [-0.05, 0) is 31.4 Å². The van der Waals surface area contributed by atoms with Gasteiger partial charge in [-0.15, -0.1) is 0 Å². The van der Waals surface area contributed by atoms with Gasteiger partial charge in [-0.2, -0.15) is 0 Å². The highest BCUT2D eigenvalue weighted by atomic mass is 16.5. The quantitative estimate of drug-likeness (QED) is 0.825. The maximum absolute atomic E-state index is 6.02. The number of nitrogens with two attached hydrogens (primary N) is 1. The third-order valence-electron chi connectivity index (χ3n) is 3.83. The minimum Gasteiger partial charge on any atom is -0.496 e. The summed E-state index contributed by atoms with van der Waals surface area (Å²) in [5, 5.41) is 3.50. The average Bonchev–Trinajstić information content (AvgIpc) is 2.81. The van der Waals surface area contributed by atoms with Crippen molar-refractivity contribution in [3.05, 3.63) is 29.8 Å². The largest absolute Gasteiger partial charge is 0.496 e. The van der Waals surface area contributed by atoms with Gasteiger partial charge in [0.2, 0.25) is 0 Å². The molecule has 0 amide bonds. The molecule has 3 unspecified atom stereocenters. The van der Waals surface area contributed by atoms with Crippen LogP contribution in [0.1, 0.15) is 24.8 Å². The Morgan fingerprint density at radius 2 is 2.17 bits per heavy atom.